The van der Waals surface area contributed by atoms with E-state index >= 15 is 0 Å². The molecular weight excluding hydrogens is 216 g/mol. The van der Waals surface area contributed by atoms with Gasteiger partial charge in [0.25, 0.3) is 0 Å². The van der Waals surface area contributed by atoms with Crippen LogP contribution in [0.2, 0.25) is 0 Å². The summed E-state index contributed by atoms with van der Waals surface area (Å²) >= 11 is 0. The van der Waals surface area contributed by atoms with Gasteiger partial charge in [-0.3, -0.25) is 4.79 Å². The minimum Gasteiger partial charge on any atom is -0.490 e. The Balaban J connectivity index is 2.38. The maximum absolute atomic E-state index is 11.2. The quantitative estimate of drug-likeness (QED) is 0.806. The molecule has 92 valence electrons. The first kappa shape index (κ1) is 12.0. The van der Waals surface area contributed by atoms with Crippen LogP contribution in [0, 0.1) is 0 Å². The van der Waals surface area contributed by atoms with Gasteiger partial charge in [0.1, 0.15) is 5.78 Å². The number of hydrogen-bond acceptors (Lipinski definition) is 3. The predicted octanol–water partition coefficient (Wildman–Crippen LogP) is 2.54. The Morgan fingerprint density at radius 3 is 2.29 bits per heavy atom. The Morgan fingerprint density at radius 2 is 1.76 bits per heavy atom. The van der Waals surface area contributed by atoms with Gasteiger partial charge < -0.3 is 9.47 Å². The highest BCUT2D eigenvalue weighted by Crippen LogP contribution is 2.33. The lowest BCUT2D eigenvalue weighted by Crippen LogP contribution is -2.02. The molecule has 0 N–H and O–H groups in total. The van der Waals surface area contributed by atoms with Crippen LogP contribution in [0.4, 0.5) is 0 Å². The first-order valence-electron chi connectivity index (χ1n) is 6.11. The highest BCUT2D eigenvalue weighted by Gasteiger charge is 2.14. The number of Topliss-reactive ketones (excluding diaryl/α,β-unsaturated/α-hetero) is 1. The van der Waals surface area contributed by atoms with Gasteiger partial charge in [-0.05, 0) is 36.6 Å². The minimum atomic E-state index is 0.175. The Labute approximate surface area is 102 Å². The third-order valence-electron chi connectivity index (χ3n) is 2.89. The van der Waals surface area contributed by atoms with Crippen LogP contribution in [-0.2, 0) is 17.6 Å². The van der Waals surface area contributed by atoms with E-state index in [4.69, 9.17) is 9.47 Å². The van der Waals surface area contributed by atoms with Crippen molar-refractivity contribution in [2.24, 2.45) is 0 Å². The molecule has 3 heteroatoms. The maximum atomic E-state index is 11.2. The molecule has 17 heavy (non-hydrogen) atoms. The van der Waals surface area contributed by atoms with Gasteiger partial charge >= 0.3 is 0 Å². The molecule has 0 saturated heterocycles. The van der Waals surface area contributed by atoms with Crippen LogP contribution in [0.25, 0.3) is 0 Å². The number of carbonyl (C=O) groups excluding carboxylic acids is 1. The van der Waals surface area contributed by atoms with Crippen LogP contribution in [-0.4, -0.2) is 19.0 Å². The van der Waals surface area contributed by atoms with E-state index in [-0.39, 0.29) is 5.78 Å². The summed E-state index contributed by atoms with van der Waals surface area (Å²) in [6, 6.07) is 3.97. The highest BCUT2D eigenvalue weighted by atomic mass is 16.5. The molecule has 0 atom stereocenters. The van der Waals surface area contributed by atoms with Crippen molar-refractivity contribution in [1.29, 1.82) is 0 Å². The van der Waals surface area contributed by atoms with E-state index in [0.717, 1.165) is 29.9 Å². The van der Waals surface area contributed by atoms with E-state index in [1.54, 1.807) is 6.92 Å². The number of benzene rings is 1. The monoisotopic (exact) mass is 234 g/mol. The summed E-state index contributed by atoms with van der Waals surface area (Å²) in [6.07, 6.45) is 2.28. The lowest BCUT2D eigenvalue weighted by molar-refractivity contribution is -0.116. The van der Waals surface area contributed by atoms with Crippen LogP contribution in [0.15, 0.2) is 12.1 Å². The van der Waals surface area contributed by atoms with Crippen molar-refractivity contribution in [3.63, 3.8) is 0 Å². The maximum Gasteiger partial charge on any atom is 0.161 e. The van der Waals surface area contributed by atoms with Crippen LogP contribution >= 0.6 is 0 Å². The fourth-order valence-electron chi connectivity index (χ4n) is 2.05. The first-order valence-corrected chi connectivity index (χ1v) is 6.11. The molecule has 0 radical (unpaired) electrons. The van der Waals surface area contributed by atoms with Crippen molar-refractivity contribution in [1.82, 2.24) is 0 Å². The Morgan fingerprint density at radius 1 is 1.18 bits per heavy atom. The number of fused-ring (bicyclic) bond motifs is 1. The van der Waals surface area contributed by atoms with Gasteiger partial charge in [-0.15, -0.1) is 0 Å². The summed E-state index contributed by atoms with van der Waals surface area (Å²) in [5.74, 6) is 1.76. The molecule has 0 unspecified atom stereocenters. The van der Waals surface area contributed by atoms with E-state index in [1.165, 1.54) is 5.56 Å². The number of ether oxygens (including phenoxy) is 2. The number of ketones is 1. The predicted molar refractivity (Wildman–Crippen MR) is 65.8 cm³/mol. The van der Waals surface area contributed by atoms with Crippen molar-refractivity contribution in [2.75, 3.05) is 13.2 Å². The van der Waals surface area contributed by atoms with Crippen molar-refractivity contribution < 1.29 is 14.3 Å². The van der Waals surface area contributed by atoms with Crippen LogP contribution in [0.5, 0.6) is 11.5 Å². The number of rotatable bonds is 3. The van der Waals surface area contributed by atoms with Crippen LogP contribution < -0.4 is 9.47 Å². The SMILES string of the molecule is CCc1cc2c(cc1CC(C)=O)OCCCO2. The average Bonchev–Trinajstić information content (AvgIpc) is 2.51. The molecule has 0 fully saturated rings. The summed E-state index contributed by atoms with van der Waals surface area (Å²) in [5, 5.41) is 0. The second-order valence-electron chi connectivity index (χ2n) is 4.35. The minimum absolute atomic E-state index is 0.175. The number of aryl methyl sites for hydroxylation is 1. The fourth-order valence-corrected chi connectivity index (χ4v) is 2.05. The average molecular weight is 234 g/mol. The molecule has 2 rings (SSSR count). The van der Waals surface area contributed by atoms with E-state index in [9.17, 15) is 4.79 Å². The molecule has 0 spiro atoms. The van der Waals surface area contributed by atoms with E-state index < -0.39 is 0 Å². The molecular formula is C14H18O3. The fraction of sp³-hybridized carbons (Fsp3) is 0.500. The molecule has 1 aliphatic rings. The van der Waals surface area contributed by atoms with Crippen molar-refractivity contribution in [3.05, 3.63) is 23.3 Å². The van der Waals surface area contributed by atoms with Crippen molar-refractivity contribution in [2.45, 2.75) is 33.1 Å². The van der Waals surface area contributed by atoms with Gasteiger partial charge in [-0.2, -0.15) is 0 Å². The second kappa shape index (κ2) is 5.21. The van der Waals surface area contributed by atoms with Crippen LogP contribution in [0.1, 0.15) is 31.4 Å². The number of hydrogen-bond donors (Lipinski definition) is 0. The van der Waals surface area contributed by atoms with Gasteiger partial charge in [0, 0.05) is 12.8 Å². The molecule has 3 nitrogen and oxygen atoms in total. The van der Waals surface area contributed by atoms with Crippen LogP contribution in [0.3, 0.4) is 0 Å². The van der Waals surface area contributed by atoms with E-state index in [2.05, 4.69) is 6.92 Å². The number of carbonyl (C=O) groups is 1. The molecule has 0 saturated carbocycles. The topological polar surface area (TPSA) is 35.5 Å². The molecule has 1 heterocycles. The van der Waals surface area contributed by atoms with E-state index in [0.29, 0.717) is 19.6 Å². The van der Waals surface area contributed by atoms with Gasteiger partial charge in [-0.1, -0.05) is 6.92 Å². The molecule has 0 bridgehead atoms. The van der Waals surface area contributed by atoms with Gasteiger partial charge in [-0.25, -0.2) is 0 Å². The molecule has 1 aromatic rings. The molecule has 0 amide bonds. The molecule has 1 aliphatic heterocycles. The lowest BCUT2D eigenvalue weighted by atomic mass is 10.00. The van der Waals surface area contributed by atoms with Gasteiger partial charge in [0.15, 0.2) is 11.5 Å². The van der Waals surface area contributed by atoms with Crippen molar-refractivity contribution in [3.8, 4) is 11.5 Å². The van der Waals surface area contributed by atoms with Crippen molar-refractivity contribution >= 4 is 5.78 Å². The zero-order chi connectivity index (χ0) is 12.3. The van der Waals surface area contributed by atoms with Gasteiger partial charge in [0.2, 0.25) is 0 Å². The molecule has 1 aromatic carbocycles. The zero-order valence-corrected chi connectivity index (χ0v) is 10.4. The summed E-state index contributed by atoms with van der Waals surface area (Å²) in [6.45, 7) is 5.07. The largest absolute Gasteiger partial charge is 0.490 e. The Bertz CT molecular complexity index is 424. The first-order chi connectivity index (χ1) is 8.20. The summed E-state index contributed by atoms with van der Waals surface area (Å²) in [4.78, 5) is 11.2. The summed E-state index contributed by atoms with van der Waals surface area (Å²) in [7, 11) is 0. The molecule has 0 aromatic heterocycles. The highest BCUT2D eigenvalue weighted by molar-refractivity contribution is 5.79. The van der Waals surface area contributed by atoms with Gasteiger partial charge in [0.05, 0.1) is 13.2 Å². The lowest BCUT2D eigenvalue weighted by Gasteiger charge is -2.13. The zero-order valence-electron chi connectivity index (χ0n) is 10.4. The Kier molecular flexibility index (Phi) is 3.67. The van der Waals surface area contributed by atoms with E-state index in [1.807, 2.05) is 12.1 Å². The standard InChI is InChI=1S/C14H18O3/c1-3-11-8-13-14(17-6-4-5-16-13)9-12(11)7-10(2)15/h8-9H,3-7H2,1-2H3. The normalized spacial score (nSPS) is 14.2. The third-order valence-corrected chi connectivity index (χ3v) is 2.89. The summed E-state index contributed by atoms with van der Waals surface area (Å²) in [5.41, 5.74) is 2.23. The third kappa shape index (κ3) is 2.78. The molecule has 0 aliphatic carbocycles. The summed E-state index contributed by atoms with van der Waals surface area (Å²) < 4.78 is 11.3. The second-order valence-corrected chi connectivity index (χ2v) is 4.35. The Hall–Kier alpha value is -1.51. The smallest absolute Gasteiger partial charge is 0.161 e.